The SMILES string of the molecule is CCc1[nH]nc(C(=O)NC2CCCC2CO)c1N. The number of aryl methyl sites for hydroxylation is 1. The van der Waals surface area contributed by atoms with Gasteiger partial charge in [-0.05, 0) is 19.3 Å². The summed E-state index contributed by atoms with van der Waals surface area (Å²) in [5, 5.41) is 18.9. The molecule has 100 valence electrons. The molecule has 1 saturated carbocycles. The van der Waals surface area contributed by atoms with Crippen molar-refractivity contribution in [3.05, 3.63) is 11.4 Å². The van der Waals surface area contributed by atoms with E-state index in [1.165, 1.54) is 0 Å². The summed E-state index contributed by atoms with van der Waals surface area (Å²) in [5.74, 6) is -0.103. The molecule has 0 radical (unpaired) electrons. The minimum atomic E-state index is -0.256. The van der Waals surface area contributed by atoms with Gasteiger partial charge in [0.1, 0.15) is 0 Å². The Labute approximate surface area is 106 Å². The number of carbonyl (C=O) groups is 1. The highest BCUT2D eigenvalue weighted by Crippen LogP contribution is 2.25. The molecular weight excluding hydrogens is 232 g/mol. The molecule has 2 atom stereocenters. The number of anilines is 1. The van der Waals surface area contributed by atoms with Crippen LogP contribution in [0.5, 0.6) is 0 Å². The summed E-state index contributed by atoms with van der Waals surface area (Å²) in [4.78, 5) is 12.1. The molecule has 6 heteroatoms. The fourth-order valence-electron chi connectivity index (χ4n) is 2.51. The number of nitrogen functional groups attached to an aromatic ring is 1. The van der Waals surface area contributed by atoms with Gasteiger partial charge in [-0.15, -0.1) is 0 Å². The molecule has 5 N–H and O–H groups in total. The molecule has 1 aromatic rings. The number of rotatable bonds is 4. The lowest BCUT2D eigenvalue weighted by Gasteiger charge is -2.18. The third kappa shape index (κ3) is 2.33. The second-order valence-electron chi connectivity index (χ2n) is 4.77. The highest BCUT2D eigenvalue weighted by molar-refractivity contribution is 5.97. The molecule has 1 aliphatic carbocycles. The summed E-state index contributed by atoms with van der Waals surface area (Å²) < 4.78 is 0. The number of nitrogens with one attached hydrogen (secondary N) is 2. The monoisotopic (exact) mass is 252 g/mol. The van der Waals surface area contributed by atoms with Crippen LogP contribution >= 0.6 is 0 Å². The topological polar surface area (TPSA) is 104 Å². The van der Waals surface area contributed by atoms with Gasteiger partial charge in [0.25, 0.3) is 5.91 Å². The number of aliphatic hydroxyl groups is 1. The molecule has 1 fully saturated rings. The Morgan fingerprint density at radius 1 is 1.61 bits per heavy atom. The number of nitrogens with zero attached hydrogens (tertiary/aromatic N) is 1. The smallest absolute Gasteiger partial charge is 0.274 e. The molecule has 1 aromatic heterocycles. The van der Waals surface area contributed by atoms with Crippen molar-refractivity contribution in [1.29, 1.82) is 0 Å². The van der Waals surface area contributed by atoms with Gasteiger partial charge in [-0.2, -0.15) is 5.10 Å². The quantitative estimate of drug-likeness (QED) is 0.624. The van der Waals surface area contributed by atoms with Crippen LogP contribution in [0.25, 0.3) is 0 Å². The fourth-order valence-corrected chi connectivity index (χ4v) is 2.51. The van der Waals surface area contributed by atoms with Crippen molar-refractivity contribution >= 4 is 11.6 Å². The van der Waals surface area contributed by atoms with E-state index in [-0.39, 0.29) is 30.2 Å². The molecule has 6 nitrogen and oxygen atoms in total. The van der Waals surface area contributed by atoms with Gasteiger partial charge in [0.2, 0.25) is 0 Å². The third-order valence-electron chi connectivity index (χ3n) is 3.66. The van der Waals surface area contributed by atoms with E-state index in [9.17, 15) is 9.90 Å². The molecule has 2 rings (SSSR count). The van der Waals surface area contributed by atoms with E-state index in [4.69, 9.17) is 5.73 Å². The summed E-state index contributed by atoms with van der Waals surface area (Å²) in [6.45, 7) is 2.06. The van der Waals surface area contributed by atoms with Crippen molar-refractivity contribution in [2.24, 2.45) is 5.92 Å². The number of aliphatic hydroxyl groups excluding tert-OH is 1. The molecule has 18 heavy (non-hydrogen) atoms. The van der Waals surface area contributed by atoms with Crippen molar-refractivity contribution in [2.45, 2.75) is 38.6 Å². The molecule has 0 spiro atoms. The molecule has 2 unspecified atom stereocenters. The van der Waals surface area contributed by atoms with Gasteiger partial charge in [0, 0.05) is 18.6 Å². The first-order chi connectivity index (χ1) is 8.67. The molecular formula is C12H20N4O2. The number of nitrogens with two attached hydrogens (primary N) is 1. The van der Waals surface area contributed by atoms with E-state index in [1.807, 2.05) is 6.92 Å². The van der Waals surface area contributed by atoms with E-state index in [2.05, 4.69) is 15.5 Å². The number of H-pyrrole nitrogens is 1. The summed E-state index contributed by atoms with van der Waals surface area (Å²) >= 11 is 0. The zero-order chi connectivity index (χ0) is 13.1. The predicted molar refractivity (Wildman–Crippen MR) is 68.1 cm³/mol. The zero-order valence-corrected chi connectivity index (χ0v) is 10.6. The highest BCUT2D eigenvalue weighted by atomic mass is 16.3. The fraction of sp³-hybridized carbons (Fsp3) is 0.667. The first-order valence-electron chi connectivity index (χ1n) is 6.41. The minimum Gasteiger partial charge on any atom is -0.396 e. The van der Waals surface area contributed by atoms with Gasteiger partial charge in [-0.3, -0.25) is 9.89 Å². The predicted octanol–water partition coefficient (Wildman–Crippen LogP) is 0.445. The first kappa shape index (κ1) is 12.9. The Kier molecular flexibility index (Phi) is 3.86. The van der Waals surface area contributed by atoms with E-state index in [0.29, 0.717) is 5.69 Å². The van der Waals surface area contributed by atoms with Crippen LogP contribution in [0.1, 0.15) is 42.4 Å². The van der Waals surface area contributed by atoms with Crippen LogP contribution in [-0.4, -0.2) is 33.9 Å². The van der Waals surface area contributed by atoms with E-state index < -0.39 is 0 Å². The Hall–Kier alpha value is -1.56. The number of hydrogen-bond acceptors (Lipinski definition) is 4. The van der Waals surface area contributed by atoms with Crippen molar-refractivity contribution in [3.63, 3.8) is 0 Å². The second-order valence-corrected chi connectivity index (χ2v) is 4.77. The maximum atomic E-state index is 12.1. The number of hydrogen-bond donors (Lipinski definition) is 4. The van der Waals surface area contributed by atoms with Gasteiger partial charge >= 0.3 is 0 Å². The Morgan fingerprint density at radius 3 is 3.00 bits per heavy atom. The van der Waals surface area contributed by atoms with Crippen LogP contribution in [0.4, 0.5) is 5.69 Å². The van der Waals surface area contributed by atoms with Crippen molar-refractivity contribution in [1.82, 2.24) is 15.5 Å². The largest absolute Gasteiger partial charge is 0.396 e. The zero-order valence-electron chi connectivity index (χ0n) is 10.6. The Bertz CT molecular complexity index is 430. The van der Waals surface area contributed by atoms with Gasteiger partial charge in [0.15, 0.2) is 5.69 Å². The maximum absolute atomic E-state index is 12.1. The van der Waals surface area contributed by atoms with Crippen LogP contribution < -0.4 is 11.1 Å². The van der Waals surface area contributed by atoms with Crippen LogP contribution in [0.2, 0.25) is 0 Å². The summed E-state index contributed by atoms with van der Waals surface area (Å²) in [6, 6.07) is 0.0312. The van der Waals surface area contributed by atoms with Gasteiger partial charge in [-0.25, -0.2) is 0 Å². The van der Waals surface area contributed by atoms with E-state index in [0.717, 1.165) is 31.4 Å². The summed E-state index contributed by atoms with van der Waals surface area (Å²) in [5.41, 5.74) is 7.32. The van der Waals surface area contributed by atoms with E-state index >= 15 is 0 Å². The molecule has 0 saturated heterocycles. The average molecular weight is 252 g/mol. The van der Waals surface area contributed by atoms with Crippen LogP contribution in [0.3, 0.4) is 0 Å². The normalized spacial score (nSPS) is 23.2. The number of carbonyl (C=O) groups excluding carboxylic acids is 1. The Balaban J connectivity index is 2.05. The second kappa shape index (κ2) is 5.39. The maximum Gasteiger partial charge on any atom is 0.274 e. The van der Waals surface area contributed by atoms with Crippen molar-refractivity contribution < 1.29 is 9.90 Å². The van der Waals surface area contributed by atoms with Gasteiger partial charge in [0.05, 0.1) is 11.4 Å². The van der Waals surface area contributed by atoms with Gasteiger partial charge < -0.3 is 16.2 Å². The Morgan fingerprint density at radius 2 is 2.39 bits per heavy atom. The van der Waals surface area contributed by atoms with Crippen molar-refractivity contribution in [2.75, 3.05) is 12.3 Å². The van der Waals surface area contributed by atoms with Crippen LogP contribution in [-0.2, 0) is 6.42 Å². The molecule has 1 aliphatic rings. The molecule has 1 amide bonds. The molecule has 0 bridgehead atoms. The third-order valence-corrected chi connectivity index (χ3v) is 3.66. The lowest BCUT2D eigenvalue weighted by Crippen LogP contribution is -2.39. The summed E-state index contributed by atoms with van der Waals surface area (Å²) in [6.07, 6.45) is 3.61. The van der Waals surface area contributed by atoms with Gasteiger partial charge in [-0.1, -0.05) is 13.3 Å². The lowest BCUT2D eigenvalue weighted by molar-refractivity contribution is 0.0912. The van der Waals surface area contributed by atoms with Crippen LogP contribution in [0.15, 0.2) is 0 Å². The van der Waals surface area contributed by atoms with E-state index in [1.54, 1.807) is 0 Å². The number of amides is 1. The first-order valence-corrected chi connectivity index (χ1v) is 6.41. The van der Waals surface area contributed by atoms with Crippen molar-refractivity contribution in [3.8, 4) is 0 Å². The number of aromatic nitrogens is 2. The van der Waals surface area contributed by atoms with Crippen LogP contribution in [0, 0.1) is 5.92 Å². The molecule has 0 aliphatic heterocycles. The summed E-state index contributed by atoms with van der Waals surface area (Å²) in [7, 11) is 0. The molecule has 0 aromatic carbocycles. The lowest BCUT2D eigenvalue weighted by atomic mass is 10.0. The highest BCUT2D eigenvalue weighted by Gasteiger charge is 2.29. The average Bonchev–Trinajstić information content (AvgIpc) is 2.95. The standard InChI is InChI=1S/C12H20N4O2/c1-2-8-10(13)11(16-15-8)12(18)14-9-5-3-4-7(9)6-17/h7,9,17H,2-6,13H2,1H3,(H,14,18)(H,15,16). The minimum absolute atomic E-state index is 0.0312. The molecule has 1 heterocycles. The number of aromatic amines is 1.